The van der Waals surface area contributed by atoms with E-state index in [0.29, 0.717) is 18.6 Å². The molecule has 4 nitrogen and oxygen atoms in total. The SMILES string of the molecule is CCCC1CCCN(C(CN)c2cncn2C2CC2)CC1. The molecule has 118 valence electrons. The quantitative estimate of drug-likeness (QED) is 0.875. The van der Waals surface area contributed by atoms with Crippen molar-refractivity contribution in [1.29, 1.82) is 0 Å². The largest absolute Gasteiger partial charge is 0.330 e. The van der Waals surface area contributed by atoms with E-state index in [1.807, 2.05) is 12.5 Å². The minimum Gasteiger partial charge on any atom is -0.330 e. The standard InChI is InChI=1S/C17H30N4/c1-2-4-14-5-3-9-20(10-8-14)16(11-18)17-12-19-13-21(17)15-6-7-15/h12-16H,2-11,18H2,1H3. The molecule has 1 aromatic rings. The molecular formula is C17H30N4. The van der Waals surface area contributed by atoms with Gasteiger partial charge in [-0.15, -0.1) is 0 Å². The van der Waals surface area contributed by atoms with E-state index in [4.69, 9.17) is 5.73 Å². The number of rotatable bonds is 6. The van der Waals surface area contributed by atoms with Crippen LogP contribution in [0.3, 0.4) is 0 Å². The molecule has 2 aliphatic rings. The third-order valence-electron chi connectivity index (χ3n) is 5.22. The van der Waals surface area contributed by atoms with E-state index >= 15 is 0 Å². The third-order valence-corrected chi connectivity index (χ3v) is 5.22. The van der Waals surface area contributed by atoms with Crippen LogP contribution in [0.1, 0.15) is 69.6 Å². The van der Waals surface area contributed by atoms with Crippen molar-refractivity contribution in [2.75, 3.05) is 19.6 Å². The van der Waals surface area contributed by atoms with E-state index in [1.54, 1.807) is 0 Å². The Kier molecular flexibility index (Phi) is 4.96. The van der Waals surface area contributed by atoms with E-state index in [9.17, 15) is 0 Å². The van der Waals surface area contributed by atoms with Crippen LogP contribution >= 0.6 is 0 Å². The van der Waals surface area contributed by atoms with Gasteiger partial charge in [-0.05, 0) is 51.1 Å². The summed E-state index contributed by atoms with van der Waals surface area (Å²) in [7, 11) is 0. The van der Waals surface area contributed by atoms with Gasteiger partial charge in [-0.2, -0.15) is 0 Å². The summed E-state index contributed by atoms with van der Waals surface area (Å²) in [5.41, 5.74) is 7.49. The fourth-order valence-electron chi connectivity index (χ4n) is 3.88. The lowest BCUT2D eigenvalue weighted by Gasteiger charge is -2.30. The zero-order valence-corrected chi connectivity index (χ0v) is 13.4. The van der Waals surface area contributed by atoms with Gasteiger partial charge in [0, 0.05) is 18.8 Å². The molecule has 1 saturated carbocycles. The molecule has 21 heavy (non-hydrogen) atoms. The summed E-state index contributed by atoms with van der Waals surface area (Å²) in [6.07, 6.45) is 13.4. The van der Waals surface area contributed by atoms with Gasteiger partial charge >= 0.3 is 0 Å². The van der Waals surface area contributed by atoms with E-state index in [2.05, 4.69) is 21.4 Å². The Morgan fingerprint density at radius 2 is 2.14 bits per heavy atom. The molecule has 0 spiro atoms. The molecule has 4 heteroatoms. The van der Waals surface area contributed by atoms with Gasteiger partial charge in [-0.1, -0.05) is 19.8 Å². The summed E-state index contributed by atoms with van der Waals surface area (Å²) < 4.78 is 2.38. The molecule has 3 rings (SSSR count). The maximum absolute atomic E-state index is 6.15. The highest BCUT2D eigenvalue weighted by Crippen LogP contribution is 2.38. The highest BCUT2D eigenvalue weighted by molar-refractivity contribution is 5.10. The summed E-state index contributed by atoms with van der Waals surface area (Å²) in [6, 6.07) is 1.05. The lowest BCUT2D eigenvalue weighted by Crippen LogP contribution is -2.35. The highest BCUT2D eigenvalue weighted by atomic mass is 15.2. The van der Waals surface area contributed by atoms with Gasteiger partial charge in [0.2, 0.25) is 0 Å². The maximum Gasteiger partial charge on any atom is 0.0951 e. The lowest BCUT2D eigenvalue weighted by molar-refractivity contribution is 0.198. The minimum atomic E-state index is 0.355. The Bertz CT molecular complexity index is 438. The average Bonchev–Trinajstić information content (AvgIpc) is 3.26. The van der Waals surface area contributed by atoms with Gasteiger partial charge in [0.15, 0.2) is 0 Å². The summed E-state index contributed by atoms with van der Waals surface area (Å²) in [5.74, 6) is 0.923. The monoisotopic (exact) mass is 290 g/mol. The smallest absolute Gasteiger partial charge is 0.0951 e. The van der Waals surface area contributed by atoms with Crippen molar-refractivity contribution < 1.29 is 0 Å². The van der Waals surface area contributed by atoms with Crippen LogP contribution in [-0.2, 0) is 0 Å². The second kappa shape index (κ2) is 6.93. The number of nitrogens with zero attached hydrogens (tertiary/aromatic N) is 3. The molecular weight excluding hydrogens is 260 g/mol. The first-order chi connectivity index (χ1) is 10.3. The van der Waals surface area contributed by atoms with E-state index in [-0.39, 0.29) is 0 Å². The zero-order valence-electron chi connectivity index (χ0n) is 13.4. The van der Waals surface area contributed by atoms with Crippen LogP contribution < -0.4 is 5.73 Å². The summed E-state index contributed by atoms with van der Waals surface area (Å²) >= 11 is 0. The van der Waals surface area contributed by atoms with Gasteiger partial charge in [-0.3, -0.25) is 4.90 Å². The molecule has 1 aliphatic heterocycles. The normalized spacial score (nSPS) is 25.7. The highest BCUT2D eigenvalue weighted by Gasteiger charge is 2.30. The minimum absolute atomic E-state index is 0.355. The van der Waals surface area contributed by atoms with Crippen molar-refractivity contribution >= 4 is 0 Å². The average molecular weight is 290 g/mol. The second-order valence-electron chi connectivity index (χ2n) is 6.83. The van der Waals surface area contributed by atoms with Crippen molar-refractivity contribution in [2.24, 2.45) is 11.7 Å². The van der Waals surface area contributed by atoms with Gasteiger partial charge in [-0.25, -0.2) is 4.98 Å². The number of aromatic nitrogens is 2. The molecule has 1 aliphatic carbocycles. The maximum atomic E-state index is 6.15. The molecule has 0 radical (unpaired) electrons. The van der Waals surface area contributed by atoms with Gasteiger partial charge < -0.3 is 10.3 Å². The van der Waals surface area contributed by atoms with Crippen LogP contribution in [0.15, 0.2) is 12.5 Å². The van der Waals surface area contributed by atoms with Crippen LogP contribution in [0.2, 0.25) is 0 Å². The third kappa shape index (κ3) is 3.49. The van der Waals surface area contributed by atoms with E-state index < -0.39 is 0 Å². The van der Waals surface area contributed by atoms with Gasteiger partial charge in [0.1, 0.15) is 0 Å². The van der Waals surface area contributed by atoms with Gasteiger partial charge in [0.25, 0.3) is 0 Å². The second-order valence-corrected chi connectivity index (χ2v) is 6.83. The Labute approximate surface area is 128 Å². The predicted octanol–water partition coefficient (Wildman–Crippen LogP) is 3.12. The summed E-state index contributed by atoms with van der Waals surface area (Å²) in [5, 5.41) is 0. The number of imidazole rings is 1. The van der Waals surface area contributed by atoms with Crippen LogP contribution in [-0.4, -0.2) is 34.1 Å². The van der Waals surface area contributed by atoms with Crippen molar-refractivity contribution in [2.45, 2.75) is 64.0 Å². The fourth-order valence-corrected chi connectivity index (χ4v) is 3.88. The van der Waals surface area contributed by atoms with Crippen molar-refractivity contribution in [3.8, 4) is 0 Å². The number of hydrogen-bond donors (Lipinski definition) is 1. The van der Waals surface area contributed by atoms with Crippen LogP contribution in [0.4, 0.5) is 0 Å². The first kappa shape index (κ1) is 15.0. The molecule has 1 aromatic heterocycles. The Hall–Kier alpha value is -0.870. The first-order valence-electron chi connectivity index (χ1n) is 8.79. The molecule has 2 heterocycles. The van der Waals surface area contributed by atoms with E-state index in [0.717, 1.165) is 5.92 Å². The van der Waals surface area contributed by atoms with E-state index in [1.165, 1.54) is 63.7 Å². The predicted molar refractivity (Wildman–Crippen MR) is 86.1 cm³/mol. The lowest BCUT2D eigenvalue weighted by atomic mass is 9.96. The molecule has 0 aromatic carbocycles. The van der Waals surface area contributed by atoms with Gasteiger partial charge in [0.05, 0.1) is 18.1 Å². The number of likely N-dealkylation sites (tertiary alicyclic amines) is 1. The van der Waals surface area contributed by atoms with Crippen LogP contribution in [0.5, 0.6) is 0 Å². The van der Waals surface area contributed by atoms with Crippen molar-refractivity contribution in [1.82, 2.24) is 14.5 Å². The molecule has 0 bridgehead atoms. The van der Waals surface area contributed by atoms with Crippen molar-refractivity contribution in [3.63, 3.8) is 0 Å². The molecule has 2 unspecified atom stereocenters. The summed E-state index contributed by atoms with van der Waals surface area (Å²) in [4.78, 5) is 7.01. The fraction of sp³-hybridized carbons (Fsp3) is 0.824. The first-order valence-corrected chi connectivity index (χ1v) is 8.79. The van der Waals surface area contributed by atoms with Crippen LogP contribution in [0.25, 0.3) is 0 Å². The Morgan fingerprint density at radius 3 is 2.86 bits per heavy atom. The van der Waals surface area contributed by atoms with Crippen LogP contribution in [0, 0.1) is 5.92 Å². The van der Waals surface area contributed by atoms with Crippen molar-refractivity contribution in [3.05, 3.63) is 18.2 Å². The topological polar surface area (TPSA) is 47.1 Å². The Balaban J connectivity index is 1.69. The molecule has 2 atom stereocenters. The number of hydrogen-bond acceptors (Lipinski definition) is 3. The number of nitrogens with two attached hydrogens (primary N) is 1. The molecule has 2 N–H and O–H groups in total. The molecule has 1 saturated heterocycles. The summed E-state index contributed by atoms with van der Waals surface area (Å²) in [6.45, 7) is 5.40. The zero-order chi connectivity index (χ0) is 14.7. The molecule has 0 amide bonds. The Morgan fingerprint density at radius 1 is 1.29 bits per heavy atom. The molecule has 2 fully saturated rings.